The van der Waals surface area contributed by atoms with Gasteiger partial charge in [-0.2, -0.15) is 24.5 Å². The van der Waals surface area contributed by atoms with E-state index in [0.717, 1.165) is 40.3 Å². The maximum absolute atomic E-state index is 12.6. The first-order valence-corrected chi connectivity index (χ1v) is 8.83. The lowest BCUT2D eigenvalue weighted by Crippen LogP contribution is -2.08. The first-order valence-electron chi connectivity index (χ1n) is 6.02. The van der Waals surface area contributed by atoms with Gasteiger partial charge in [-0.3, -0.25) is 0 Å². The summed E-state index contributed by atoms with van der Waals surface area (Å²) < 4.78 is 37.7. The molecule has 0 N–H and O–H groups in total. The predicted molar refractivity (Wildman–Crippen MR) is 82.0 cm³/mol. The van der Waals surface area contributed by atoms with E-state index in [2.05, 4.69) is 15.0 Å². The molecule has 0 fully saturated rings. The molecule has 3 nitrogen and oxygen atoms in total. The Bertz CT molecular complexity index is 753. The Kier molecular flexibility index (Phi) is 4.46. The maximum atomic E-state index is 12.6. The van der Waals surface area contributed by atoms with Crippen LogP contribution in [0.3, 0.4) is 0 Å². The van der Waals surface area contributed by atoms with Crippen LogP contribution in [0, 0.1) is 0 Å². The topological polar surface area (TPSA) is 38.7 Å². The number of halogens is 3. The van der Waals surface area contributed by atoms with E-state index in [1.54, 1.807) is 11.3 Å². The van der Waals surface area contributed by atoms with Crippen molar-refractivity contribution in [3.63, 3.8) is 0 Å². The van der Waals surface area contributed by atoms with Crippen LogP contribution in [0.5, 0.6) is 0 Å². The van der Waals surface area contributed by atoms with Gasteiger partial charge in [-0.05, 0) is 17.5 Å². The summed E-state index contributed by atoms with van der Waals surface area (Å²) in [6, 6.07) is 2.85. The van der Waals surface area contributed by atoms with Crippen LogP contribution in [-0.2, 0) is 11.9 Å². The smallest absolute Gasteiger partial charge is 0.240 e. The molecule has 0 radical (unpaired) electrons. The lowest BCUT2D eigenvalue weighted by Gasteiger charge is -2.05. The summed E-state index contributed by atoms with van der Waals surface area (Å²) in [6.45, 7) is 0. The summed E-state index contributed by atoms with van der Waals surface area (Å²) in [4.78, 5) is 11.8. The highest BCUT2D eigenvalue weighted by Gasteiger charge is 2.32. The van der Waals surface area contributed by atoms with Crippen LogP contribution in [0.25, 0.3) is 10.6 Å². The van der Waals surface area contributed by atoms with Gasteiger partial charge in [0.2, 0.25) is 0 Å². The number of thiazole rings is 1. The Labute approximate surface area is 136 Å². The van der Waals surface area contributed by atoms with Crippen molar-refractivity contribution in [2.45, 2.75) is 17.1 Å². The molecular formula is C13H8F3N3S3. The second-order valence-corrected chi connectivity index (χ2v) is 6.75. The maximum Gasteiger partial charge on any atom is 0.433 e. The Morgan fingerprint density at radius 1 is 1.14 bits per heavy atom. The van der Waals surface area contributed by atoms with Crippen molar-refractivity contribution >= 4 is 34.4 Å². The van der Waals surface area contributed by atoms with E-state index in [-0.39, 0.29) is 5.16 Å². The molecule has 0 spiro atoms. The van der Waals surface area contributed by atoms with Crippen molar-refractivity contribution in [2.24, 2.45) is 0 Å². The van der Waals surface area contributed by atoms with Crippen molar-refractivity contribution in [1.29, 1.82) is 0 Å². The quantitative estimate of drug-likeness (QED) is 0.487. The minimum atomic E-state index is -4.45. The highest BCUT2D eigenvalue weighted by atomic mass is 32.2. The Morgan fingerprint density at radius 2 is 2.00 bits per heavy atom. The van der Waals surface area contributed by atoms with E-state index in [1.807, 2.05) is 22.2 Å². The van der Waals surface area contributed by atoms with Crippen LogP contribution in [0.15, 0.2) is 39.6 Å². The van der Waals surface area contributed by atoms with Crippen LogP contribution in [0.2, 0.25) is 0 Å². The van der Waals surface area contributed by atoms with Crippen LogP contribution >= 0.6 is 34.4 Å². The van der Waals surface area contributed by atoms with Gasteiger partial charge >= 0.3 is 6.18 Å². The average Bonchev–Trinajstić information content (AvgIpc) is 3.15. The minimum Gasteiger partial charge on any atom is -0.240 e. The van der Waals surface area contributed by atoms with Gasteiger partial charge < -0.3 is 0 Å². The molecule has 0 aromatic carbocycles. The van der Waals surface area contributed by atoms with Gasteiger partial charge in [0.15, 0.2) is 5.16 Å². The summed E-state index contributed by atoms with van der Waals surface area (Å²) in [6.07, 6.45) is -3.33. The van der Waals surface area contributed by atoms with Gasteiger partial charge in [0.05, 0.1) is 5.69 Å². The number of hydrogen-bond acceptors (Lipinski definition) is 6. The number of aromatic nitrogens is 3. The molecule has 3 aromatic rings. The second kappa shape index (κ2) is 6.35. The molecule has 3 rings (SSSR count). The molecule has 0 atom stereocenters. The summed E-state index contributed by atoms with van der Waals surface area (Å²) >= 11 is 4.24. The molecule has 0 aliphatic rings. The summed E-state index contributed by atoms with van der Waals surface area (Å²) in [5.41, 5.74) is 0.932. The third-order valence-corrected chi connectivity index (χ3v) is 5.11. The number of thioether (sulfide) groups is 1. The van der Waals surface area contributed by atoms with Crippen LogP contribution in [0.4, 0.5) is 13.2 Å². The lowest BCUT2D eigenvalue weighted by molar-refractivity contribution is -0.141. The van der Waals surface area contributed by atoms with Gasteiger partial charge in [-0.15, -0.1) is 11.3 Å². The molecule has 114 valence electrons. The Balaban J connectivity index is 1.68. The molecule has 0 bridgehead atoms. The fourth-order valence-electron chi connectivity index (χ4n) is 1.60. The zero-order valence-electron chi connectivity index (χ0n) is 10.9. The molecule has 3 aromatic heterocycles. The predicted octanol–water partition coefficient (Wildman–Crippen LogP) is 4.97. The third kappa shape index (κ3) is 3.65. The SMILES string of the molecule is FC(F)(F)c1ccnc(SCc2csc(-c3ccsc3)n2)n1. The third-order valence-electron chi connectivity index (χ3n) is 2.59. The zero-order chi connectivity index (χ0) is 15.6. The largest absolute Gasteiger partial charge is 0.433 e. The fourth-order valence-corrected chi connectivity index (χ4v) is 3.96. The number of hydrogen-bond donors (Lipinski definition) is 0. The van der Waals surface area contributed by atoms with Crippen molar-refractivity contribution in [2.75, 3.05) is 0 Å². The van der Waals surface area contributed by atoms with E-state index in [1.165, 1.54) is 11.3 Å². The molecule has 22 heavy (non-hydrogen) atoms. The number of alkyl halides is 3. The molecule has 0 saturated carbocycles. The molecule has 0 saturated heterocycles. The molecular weight excluding hydrogens is 351 g/mol. The van der Waals surface area contributed by atoms with Gasteiger partial charge in [0, 0.05) is 28.3 Å². The van der Waals surface area contributed by atoms with Gasteiger partial charge in [-0.25, -0.2) is 15.0 Å². The highest BCUT2D eigenvalue weighted by Crippen LogP contribution is 2.30. The molecule has 3 heterocycles. The second-order valence-electron chi connectivity index (χ2n) is 4.17. The van der Waals surface area contributed by atoms with Crippen molar-refractivity contribution in [1.82, 2.24) is 15.0 Å². The molecule has 9 heteroatoms. The first-order chi connectivity index (χ1) is 10.5. The van der Waals surface area contributed by atoms with E-state index in [0.29, 0.717) is 5.75 Å². The van der Waals surface area contributed by atoms with E-state index in [4.69, 9.17) is 0 Å². The molecule has 0 aliphatic heterocycles. The normalized spacial score (nSPS) is 11.8. The van der Waals surface area contributed by atoms with Crippen molar-refractivity contribution < 1.29 is 13.2 Å². The van der Waals surface area contributed by atoms with Gasteiger partial charge in [-0.1, -0.05) is 11.8 Å². The minimum absolute atomic E-state index is 0.0971. The van der Waals surface area contributed by atoms with Gasteiger partial charge in [0.25, 0.3) is 0 Å². The summed E-state index contributed by atoms with van der Waals surface area (Å²) in [5.74, 6) is 0.432. The Morgan fingerprint density at radius 3 is 2.73 bits per heavy atom. The number of thiophene rings is 1. The average molecular weight is 359 g/mol. The highest BCUT2D eigenvalue weighted by molar-refractivity contribution is 7.98. The van der Waals surface area contributed by atoms with E-state index in [9.17, 15) is 13.2 Å². The standard InChI is InChI=1S/C13H8F3N3S3/c14-13(15,16)10-1-3-17-12(19-10)22-7-9-6-21-11(18-9)8-2-4-20-5-8/h1-6H,7H2. The van der Waals surface area contributed by atoms with Crippen LogP contribution < -0.4 is 0 Å². The Hall–Kier alpha value is -1.45. The van der Waals surface area contributed by atoms with E-state index >= 15 is 0 Å². The number of nitrogens with zero attached hydrogens (tertiary/aromatic N) is 3. The summed E-state index contributed by atoms with van der Waals surface area (Å²) in [7, 11) is 0. The van der Waals surface area contributed by atoms with Crippen molar-refractivity contribution in [3.05, 3.63) is 45.9 Å². The molecule has 0 aliphatic carbocycles. The number of rotatable bonds is 4. The van der Waals surface area contributed by atoms with Crippen molar-refractivity contribution in [3.8, 4) is 10.6 Å². The zero-order valence-corrected chi connectivity index (χ0v) is 13.3. The fraction of sp³-hybridized carbons (Fsp3) is 0.154. The monoisotopic (exact) mass is 359 g/mol. The first kappa shape index (κ1) is 15.4. The van der Waals surface area contributed by atoms with Gasteiger partial charge in [0.1, 0.15) is 10.7 Å². The molecule has 0 unspecified atom stereocenters. The summed E-state index contributed by atoms with van der Waals surface area (Å²) in [5, 5.41) is 6.88. The van der Waals surface area contributed by atoms with Crippen LogP contribution in [0.1, 0.15) is 11.4 Å². The lowest BCUT2D eigenvalue weighted by atomic mass is 10.4. The molecule has 0 amide bonds. The van der Waals surface area contributed by atoms with E-state index < -0.39 is 11.9 Å². The van der Waals surface area contributed by atoms with Crippen LogP contribution in [-0.4, -0.2) is 15.0 Å².